The smallest absolute Gasteiger partial charge is 0.373 e. The van der Waals surface area contributed by atoms with Crippen LogP contribution < -0.4 is 10.6 Å². The van der Waals surface area contributed by atoms with E-state index in [0.29, 0.717) is 12.6 Å². The maximum absolute atomic E-state index is 8.12. The minimum absolute atomic E-state index is 0.250. The summed E-state index contributed by atoms with van der Waals surface area (Å²) in [5, 5.41) is 14.2. The molecule has 2 rings (SSSR count). The minimum Gasteiger partial charge on any atom is -0.396 e. The normalized spacial score (nSPS) is 9.64. The van der Waals surface area contributed by atoms with Crippen molar-refractivity contribution in [3.05, 3.63) is 77.5 Å². The van der Waals surface area contributed by atoms with Crippen molar-refractivity contribution in [3.8, 4) is 0 Å². The van der Waals surface area contributed by atoms with Gasteiger partial charge < -0.3 is 15.7 Å². The number of aryl methyl sites for hydroxylation is 3. The second-order valence-electron chi connectivity index (χ2n) is 7.98. The average molecular weight is 541 g/mol. The molecule has 0 amide bonds. The average Bonchev–Trinajstić information content (AvgIpc) is 2.96. The summed E-state index contributed by atoms with van der Waals surface area (Å²) in [5.41, 5.74) is 6.09. The van der Waals surface area contributed by atoms with Crippen molar-refractivity contribution in [1.82, 2.24) is 9.97 Å². The Balaban J connectivity index is -0.000000549. The summed E-state index contributed by atoms with van der Waals surface area (Å²) in [7, 11) is 1.86. The third-order valence-corrected chi connectivity index (χ3v) is 4.95. The van der Waals surface area contributed by atoms with E-state index in [4.69, 9.17) is 14.7 Å². The molecule has 0 radical (unpaired) electrons. The lowest BCUT2D eigenvalue weighted by molar-refractivity contribution is -0.191. The first-order valence-electron chi connectivity index (χ1n) is 13.7. The summed E-state index contributed by atoms with van der Waals surface area (Å²) in [4.78, 5) is 25.0. The molecule has 0 unspecified atom stereocenters. The van der Waals surface area contributed by atoms with Gasteiger partial charge in [0.25, 0.3) is 0 Å². The van der Waals surface area contributed by atoms with E-state index in [0.717, 1.165) is 29.9 Å². The van der Waals surface area contributed by atoms with Gasteiger partial charge in [0.2, 0.25) is 5.95 Å². The van der Waals surface area contributed by atoms with E-state index in [-0.39, 0.29) is 6.15 Å². The van der Waals surface area contributed by atoms with Crippen molar-refractivity contribution in [3.63, 3.8) is 0 Å². The van der Waals surface area contributed by atoms with Gasteiger partial charge in [0.1, 0.15) is 5.82 Å². The highest BCUT2D eigenvalue weighted by Gasteiger charge is 2.04. The summed E-state index contributed by atoms with van der Waals surface area (Å²) >= 11 is 0. The van der Waals surface area contributed by atoms with Crippen LogP contribution in [0.2, 0.25) is 0 Å². The molecular formula is C32H52N4O3. The van der Waals surface area contributed by atoms with Crippen molar-refractivity contribution in [1.29, 1.82) is 0 Å². The van der Waals surface area contributed by atoms with Gasteiger partial charge in [-0.1, -0.05) is 78.0 Å². The maximum atomic E-state index is 8.12. The quantitative estimate of drug-likeness (QED) is 0.261. The van der Waals surface area contributed by atoms with Crippen LogP contribution in [0.1, 0.15) is 83.9 Å². The Morgan fingerprint density at radius 1 is 1.10 bits per heavy atom. The standard InChI is InChI=1S/C15H20N4.C11H18.C3H8O.C2H6.CO2/c1-5-12-8-13(7-6-10(12)2)18-15-17-9-11(3)14(16-4)19-15;1-4-7-10-11(8-5-2)9-6-3;1-2-3-4;1-2;2-1-3/h6-9H,5H2,1-4H3,(H2,16,17,18,19);5-6,8-9H,2,4,7,10H2,1,3H3;4H,2-3H2,1H3;1-2H3;/b;9-6-,11-8+;;;. The predicted octanol–water partition coefficient (Wildman–Crippen LogP) is 8.14. The minimum atomic E-state index is 0.250. The number of unbranched alkanes of at least 4 members (excludes halogenated alkanes) is 1. The molecule has 39 heavy (non-hydrogen) atoms. The van der Waals surface area contributed by atoms with Crippen molar-refractivity contribution in [2.24, 2.45) is 0 Å². The molecule has 0 saturated carbocycles. The zero-order chi connectivity index (χ0) is 30.5. The Morgan fingerprint density at radius 3 is 2.18 bits per heavy atom. The van der Waals surface area contributed by atoms with Crippen LogP contribution in [0, 0.1) is 13.8 Å². The first-order chi connectivity index (χ1) is 18.8. The van der Waals surface area contributed by atoms with E-state index >= 15 is 0 Å². The molecule has 0 fully saturated rings. The van der Waals surface area contributed by atoms with Gasteiger partial charge in [-0.15, -0.1) is 0 Å². The molecular weight excluding hydrogens is 488 g/mol. The first-order valence-corrected chi connectivity index (χ1v) is 13.7. The summed E-state index contributed by atoms with van der Waals surface area (Å²) in [5.74, 6) is 1.46. The highest BCUT2D eigenvalue weighted by molar-refractivity contribution is 5.57. The van der Waals surface area contributed by atoms with Crippen molar-refractivity contribution in [2.45, 2.75) is 87.5 Å². The van der Waals surface area contributed by atoms with Gasteiger partial charge in [-0.05, 0) is 75.3 Å². The summed E-state index contributed by atoms with van der Waals surface area (Å²) in [6, 6.07) is 6.32. The molecule has 3 N–H and O–H groups in total. The third-order valence-electron chi connectivity index (χ3n) is 4.95. The monoisotopic (exact) mass is 540 g/mol. The van der Waals surface area contributed by atoms with Gasteiger partial charge in [0.05, 0.1) is 0 Å². The Bertz CT molecular complexity index is 926. The van der Waals surface area contributed by atoms with Crippen LogP contribution in [0.25, 0.3) is 0 Å². The van der Waals surface area contributed by atoms with E-state index in [9.17, 15) is 0 Å². The number of allylic oxidation sites excluding steroid dienone is 5. The number of aromatic nitrogens is 2. The maximum Gasteiger partial charge on any atom is 0.373 e. The van der Waals surface area contributed by atoms with Gasteiger partial charge in [0.15, 0.2) is 0 Å². The highest BCUT2D eigenvalue weighted by Crippen LogP contribution is 2.20. The van der Waals surface area contributed by atoms with E-state index in [1.165, 1.54) is 36.0 Å². The van der Waals surface area contributed by atoms with Gasteiger partial charge in [-0.2, -0.15) is 14.6 Å². The topological polar surface area (TPSA) is 104 Å². The number of anilines is 3. The van der Waals surface area contributed by atoms with Crippen LogP contribution in [0.3, 0.4) is 0 Å². The van der Waals surface area contributed by atoms with E-state index in [1.54, 1.807) is 0 Å². The SMILES string of the molecule is C=C/C=C(\C=C/C)CCCC.CC.CCCO.CCc1cc(Nc2ncc(C)c(NC)n2)ccc1C.O=C=O. The van der Waals surface area contributed by atoms with Crippen LogP contribution in [0.15, 0.2) is 60.9 Å². The zero-order valence-electron chi connectivity index (χ0n) is 25.7. The fraction of sp³-hybridized carbons (Fsp3) is 0.469. The first kappa shape index (κ1) is 40.0. The van der Waals surface area contributed by atoms with Gasteiger partial charge in [0, 0.05) is 31.1 Å². The molecule has 2 aromatic rings. The molecule has 0 aliphatic rings. The number of rotatable bonds is 10. The molecule has 0 aliphatic heterocycles. The van der Waals surface area contributed by atoms with Crippen LogP contribution >= 0.6 is 0 Å². The second kappa shape index (κ2) is 29.0. The number of hydrogen-bond acceptors (Lipinski definition) is 7. The Hall–Kier alpha value is -3.54. The van der Waals surface area contributed by atoms with Crippen LogP contribution in [0.4, 0.5) is 17.5 Å². The highest BCUT2D eigenvalue weighted by atomic mass is 16.3. The molecule has 0 aliphatic carbocycles. The summed E-state index contributed by atoms with van der Waals surface area (Å²) in [6.07, 6.45) is 15.8. The number of hydrogen-bond donors (Lipinski definition) is 3. The molecule has 0 atom stereocenters. The van der Waals surface area contributed by atoms with Crippen molar-refractivity contribution >= 4 is 23.6 Å². The lowest BCUT2D eigenvalue weighted by atomic mass is 10.1. The molecule has 0 spiro atoms. The van der Waals surface area contributed by atoms with Crippen molar-refractivity contribution in [2.75, 3.05) is 24.3 Å². The molecule has 0 bridgehead atoms. The van der Waals surface area contributed by atoms with Gasteiger partial charge in [-0.25, -0.2) is 4.98 Å². The molecule has 0 saturated heterocycles. The Kier molecular flexibility index (Phi) is 29.7. The number of nitrogens with one attached hydrogen (secondary N) is 2. The fourth-order valence-corrected chi connectivity index (χ4v) is 2.98. The van der Waals surface area contributed by atoms with Crippen LogP contribution in [-0.4, -0.2) is 34.9 Å². The van der Waals surface area contributed by atoms with Gasteiger partial charge in [-0.3, -0.25) is 0 Å². The lowest BCUT2D eigenvalue weighted by Crippen LogP contribution is -2.02. The second-order valence-corrected chi connectivity index (χ2v) is 7.98. The largest absolute Gasteiger partial charge is 0.396 e. The van der Waals surface area contributed by atoms with Crippen molar-refractivity contribution < 1.29 is 14.7 Å². The molecule has 1 aromatic heterocycles. The number of nitrogens with zero attached hydrogens (tertiary/aromatic N) is 2. The Morgan fingerprint density at radius 2 is 1.72 bits per heavy atom. The molecule has 1 heterocycles. The Labute approximate surface area is 237 Å². The lowest BCUT2D eigenvalue weighted by Gasteiger charge is -2.10. The molecule has 7 nitrogen and oxygen atoms in total. The van der Waals surface area contributed by atoms with Gasteiger partial charge >= 0.3 is 6.15 Å². The van der Waals surface area contributed by atoms with Crippen LogP contribution in [0.5, 0.6) is 0 Å². The molecule has 7 heteroatoms. The molecule has 1 aromatic carbocycles. The number of aliphatic hydroxyl groups is 1. The van der Waals surface area contributed by atoms with E-state index in [2.05, 4.69) is 84.4 Å². The molecule has 218 valence electrons. The summed E-state index contributed by atoms with van der Waals surface area (Å²) in [6.45, 7) is 20.5. The third kappa shape index (κ3) is 21.1. The van der Waals surface area contributed by atoms with Crippen LogP contribution in [-0.2, 0) is 16.0 Å². The summed E-state index contributed by atoms with van der Waals surface area (Å²) < 4.78 is 0. The number of benzene rings is 1. The zero-order valence-corrected chi connectivity index (χ0v) is 25.7. The number of carbonyl (C=O) groups excluding carboxylic acids is 2. The van der Waals surface area contributed by atoms with E-state index < -0.39 is 0 Å². The predicted molar refractivity (Wildman–Crippen MR) is 167 cm³/mol. The number of aliphatic hydroxyl groups excluding tert-OH is 1. The fourth-order valence-electron chi connectivity index (χ4n) is 2.98. The van der Waals surface area contributed by atoms with E-state index in [1.807, 2.05) is 53.9 Å².